The highest BCUT2D eigenvalue weighted by Gasteiger charge is 2.17. The molecule has 0 saturated carbocycles. The highest BCUT2D eigenvalue weighted by Crippen LogP contribution is 2.36. The van der Waals surface area contributed by atoms with Crippen molar-refractivity contribution in [2.24, 2.45) is 5.73 Å². The minimum atomic E-state index is -0.226. The van der Waals surface area contributed by atoms with Crippen molar-refractivity contribution >= 4 is 17.4 Å². The first-order valence-electron chi connectivity index (χ1n) is 4.29. The van der Waals surface area contributed by atoms with Crippen LogP contribution in [0.15, 0.2) is 12.1 Å². The van der Waals surface area contributed by atoms with E-state index >= 15 is 0 Å². The number of hydrogen-bond acceptors (Lipinski definition) is 4. The van der Waals surface area contributed by atoms with Crippen LogP contribution >= 0.6 is 11.6 Å². The van der Waals surface area contributed by atoms with Crippen molar-refractivity contribution < 1.29 is 14.3 Å². The number of methoxy groups -OCH3 is 2. The number of carbonyl (C=O) groups excluding carboxylic acids is 1. The molecule has 15 heavy (non-hydrogen) atoms. The Morgan fingerprint density at radius 1 is 1.40 bits per heavy atom. The fraction of sp³-hybridized carbons (Fsp3) is 0.300. The molecule has 0 aliphatic carbocycles. The summed E-state index contributed by atoms with van der Waals surface area (Å²) in [5.74, 6) is 0.532. The summed E-state index contributed by atoms with van der Waals surface area (Å²) >= 11 is 5.97. The van der Waals surface area contributed by atoms with Crippen LogP contribution in [0.2, 0.25) is 5.02 Å². The van der Waals surface area contributed by atoms with Crippen molar-refractivity contribution in [2.75, 3.05) is 20.8 Å². The van der Waals surface area contributed by atoms with Gasteiger partial charge < -0.3 is 15.2 Å². The quantitative estimate of drug-likeness (QED) is 0.795. The number of hydrogen-bond donors (Lipinski definition) is 1. The molecular formula is C10H12ClNO3. The molecule has 1 aromatic carbocycles. The maximum Gasteiger partial charge on any atom is 0.180 e. The number of nitrogens with two attached hydrogens (primary N) is 1. The van der Waals surface area contributed by atoms with E-state index in [1.807, 2.05) is 0 Å². The lowest BCUT2D eigenvalue weighted by atomic mass is 10.1. The molecule has 2 N–H and O–H groups in total. The predicted octanol–water partition coefficient (Wildman–Crippen LogP) is 1.50. The molecule has 0 atom stereocenters. The second-order valence-electron chi connectivity index (χ2n) is 2.79. The molecule has 0 radical (unpaired) electrons. The van der Waals surface area contributed by atoms with Gasteiger partial charge in [0.15, 0.2) is 11.5 Å². The zero-order valence-electron chi connectivity index (χ0n) is 8.54. The van der Waals surface area contributed by atoms with E-state index in [9.17, 15) is 4.79 Å². The Morgan fingerprint density at radius 2 is 2.07 bits per heavy atom. The first-order chi connectivity index (χ1) is 7.15. The lowest BCUT2D eigenvalue weighted by Crippen LogP contribution is -2.14. The summed E-state index contributed by atoms with van der Waals surface area (Å²) < 4.78 is 10.1. The molecule has 0 spiro atoms. The molecular weight excluding hydrogens is 218 g/mol. The first-order valence-corrected chi connectivity index (χ1v) is 4.67. The number of ether oxygens (including phenoxy) is 2. The highest BCUT2D eigenvalue weighted by molar-refractivity contribution is 6.34. The molecule has 0 bridgehead atoms. The van der Waals surface area contributed by atoms with Gasteiger partial charge in [0, 0.05) is 0 Å². The van der Waals surface area contributed by atoms with E-state index in [-0.39, 0.29) is 17.4 Å². The fourth-order valence-corrected chi connectivity index (χ4v) is 1.54. The highest BCUT2D eigenvalue weighted by atomic mass is 35.5. The number of benzene rings is 1. The van der Waals surface area contributed by atoms with Crippen LogP contribution in [0, 0.1) is 0 Å². The topological polar surface area (TPSA) is 61.5 Å². The second kappa shape index (κ2) is 5.00. The van der Waals surface area contributed by atoms with Gasteiger partial charge in [-0.25, -0.2) is 0 Å². The Balaban J connectivity index is 3.30. The van der Waals surface area contributed by atoms with Crippen LogP contribution in [-0.2, 0) is 0 Å². The molecule has 0 amide bonds. The number of halogens is 1. The molecule has 0 aromatic heterocycles. The van der Waals surface area contributed by atoms with Gasteiger partial charge in [-0.05, 0) is 12.1 Å². The largest absolute Gasteiger partial charge is 0.495 e. The Hall–Kier alpha value is -1.26. The summed E-state index contributed by atoms with van der Waals surface area (Å²) in [6.07, 6.45) is 0. The van der Waals surface area contributed by atoms with Gasteiger partial charge in [0.25, 0.3) is 0 Å². The van der Waals surface area contributed by atoms with Crippen molar-refractivity contribution in [3.8, 4) is 11.5 Å². The third kappa shape index (κ3) is 2.22. The van der Waals surface area contributed by atoms with E-state index in [1.54, 1.807) is 12.1 Å². The van der Waals surface area contributed by atoms with Crippen LogP contribution in [-0.4, -0.2) is 26.5 Å². The minimum Gasteiger partial charge on any atom is -0.495 e. The standard InChI is InChI=1S/C10H12ClNO3/c1-14-8-4-3-6(7(13)5-12)10(15-2)9(8)11/h3-4H,5,12H2,1-2H3. The zero-order chi connectivity index (χ0) is 11.4. The SMILES string of the molecule is COc1ccc(C(=O)CN)c(OC)c1Cl. The third-order valence-electron chi connectivity index (χ3n) is 1.97. The number of Topliss-reactive ketones (excluding diaryl/α,β-unsaturated/α-hetero) is 1. The molecule has 5 heteroatoms. The van der Waals surface area contributed by atoms with Gasteiger partial charge in [0.2, 0.25) is 0 Å². The summed E-state index contributed by atoms with van der Waals surface area (Å²) in [5, 5.41) is 0.277. The molecule has 1 rings (SSSR count). The summed E-state index contributed by atoms with van der Waals surface area (Å²) in [7, 11) is 2.93. The normalized spacial score (nSPS) is 9.87. The molecule has 82 valence electrons. The lowest BCUT2D eigenvalue weighted by Gasteiger charge is -2.11. The average Bonchev–Trinajstić information content (AvgIpc) is 2.27. The molecule has 0 aliphatic heterocycles. The number of rotatable bonds is 4. The number of ketones is 1. The summed E-state index contributed by atoms with van der Waals surface area (Å²) in [6, 6.07) is 3.19. The van der Waals surface area contributed by atoms with Crippen LogP contribution in [0.5, 0.6) is 11.5 Å². The molecule has 4 nitrogen and oxygen atoms in total. The third-order valence-corrected chi connectivity index (χ3v) is 2.33. The van der Waals surface area contributed by atoms with Crippen molar-refractivity contribution in [1.29, 1.82) is 0 Å². The van der Waals surface area contributed by atoms with Gasteiger partial charge in [-0.3, -0.25) is 4.79 Å². The van der Waals surface area contributed by atoms with Crippen LogP contribution < -0.4 is 15.2 Å². The first kappa shape index (κ1) is 11.8. The Kier molecular flexibility index (Phi) is 3.94. The van der Waals surface area contributed by atoms with E-state index in [0.29, 0.717) is 17.1 Å². The monoisotopic (exact) mass is 229 g/mol. The number of carbonyl (C=O) groups is 1. The Labute approximate surface area is 92.9 Å². The van der Waals surface area contributed by atoms with E-state index in [0.717, 1.165) is 0 Å². The van der Waals surface area contributed by atoms with Crippen LogP contribution in [0.1, 0.15) is 10.4 Å². The maximum absolute atomic E-state index is 11.4. The van der Waals surface area contributed by atoms with E-state index in [1.165, 1.54) is 14.2 Å². The smallest absolute Gasteiger partial charge is 0.180 e. The minimum absolute atomic E-state index is 0.0843. The van der Waals surface area contributed by atoms with Crippen LogP contribution in [0.25, 0.3) is 0 Å². The van der Waals surface area contributed by atoms with E-state index < -0.39 is 0 Å². The van der Waals surface area contributed by atoms with Crippen molar-refractivity contribution in [2.45, 2.75) is 0 Å². The van der Waals surface area contributed by atoms with Gasteiger partial charge in [0.05, 0.1) is 26.3 Å². The average molecular weight is 230 g/mol. The van der Waals surface area contributed by atoms with Crippen molar-refractivity contribution in [3.05, 3.63) is 22.7 Å². The fourth-order valence-electron chi connectivity index (χ4n) is 1.22. The molecule has 0 heterocycles. The second-order valence-corrected chi connectivity index (χ2v) is 3.17. The Bertz CT molecular complexity index is 379. The van der Waals surface area contributed by atoms with Crippen LogP contribution in [0.3, 0.4) is 0 Å². The molecule has 0 saturated heterocycles. The van der Waals surface area contributed by atoms with Gasteiger partial charge in [-0.15, -0.1) is 0 Å². The predicted molar refractivity (Wildman–Crippen MR) is 57.9 cm³/mol. The Morgan fingerprint density at radius 3 is 2.53 bits per heavy atom. The molecule has 0 unspecified atom stereocenters. The zero-order valence-corrected chi connectivity index (χ0v) is 9.30. The maximum atomic E-state index is 11.4. The summed E-state index contributed by atoms with van der Waals surface area (Å²) in [6.45, 7) is -0.0843. The van der Waals surface area contributed by atoms with Gasteiger partial charge in [-0.2, -0.15) is 0 Å². The van der Waals surface area contributed by atoms with Gasteiger partial charge in [0.1, 0.15) is 10.8 Å². The van der Waals surface area contributed by atoms with Gasteiger partial charge in [-0.1, -0.05) is 11.6 Å². The summed E-state index contributed by atoms with van der Waals surface area (Å²) in [4.78, 5) is 11.4. The molecule has 0 aliphatic rings. The van der Waals surface area contributed by atoms with Crippen molar-refractivity contribution in [3.63, 3.8) is 0 Å². The van der Waals surface area contributed by atoms with E-state index in [2.05, 4.69) is 0 Å². The molecule has 0 fully saturated rings. The molecule has 1 aromatic rings. The summed E-state index contributed by atoms with van der Waals surface area (Å²) in [5.41, 5.74) is 5.64. The lowest BCUT2D eigenvalue weighted by molar-refractivity contribution is 0.0998. The van der Waals surface area contributed by atoms with Crippen molar-refractivity contribution in [1.82, 2.24) is 0 Å². The van der Waals surface area contributed by atoms with Gasteiger partial charge >= 0.3 is 0 Å². The van der Waals surface area contributed by atoms with E-state index in [4.69, 9.17) is 26.8 Å². The van der Waals surface area contributed by atoms with Crippen LogP contribution in [0.4, 0.5) is 0 Å².